The van der Waals surface area contributed by atoms with Crippen molar-refractivity contribution >= 4 is 22.7 Å². The molecular weight excluding hydrogens is 390 g/mol. The number of anilines is 2. The largest absolute Gasteiger partial charge is 0.367 e. The summed E-state index contributed by atoms with van der Waals surface area (Å²) in [7, 11) is 0. The fourth-order valence-electron chi connectivity index (χ4n) is 4.05. The molecule has 0 spiro atoms. The van der Waals surface area contributed by atoms with Gasteiger partial charge in [0.15, 0.2) is 0 Å². The molecule has 156 valence electrons. The molecule has 2 N–H and O–H groups in total. The first-order chi connectivity index (χ1) is 15.2. The number of nitrogens with zero attached hydrogens (tertiary/aromatic N) is 5. The van der Waals surface area contributed by atoms with Gasteiger partial charge in [-0.25, -0.2) is 15.0 Å². The molecule has 4 heterocycles. The lowest BCUT2D eigenvalue weighted by Gasteiger charge is -2.16. The lowest BCUT2D eigenvalue weighted by molar-refractivity contribution is 0.719. The number of nitrogens with one attached hydrogen (secondary N) is 2. The summed E-state index contributed by atoms with van der Waals surface area (Å²) in [6.45, 7) is 1.93. The summed E-state index contributed by atoms with van der Waals surface area (Å²) in [6.07, 6.45) is 10.0. The molecule has 0 amide bonds. The zero-order chi connectivity index (χ0) is 21.2. The molecule has 8 nitrogen and oxygen atoms in total. The number of fused-ring (bicyclic) bond motifs is 1. The Morgan fingerprint density at radius 1 is 0.871 bits per heavy atom. The minimum absolute atomic E-state index is 0.127. The van der Waals surface area contributed by atoms with E-state index in [1.54, 1.807) is 41.5 Å². The van der Waals surface area contributed by atoms with Crippen molar-refractivity contribution in [2.24, 2.45) is 0 Å². The van der Waals surface area contributed by atoms with Crippen molar-refractivity contribution in [2.75, 3.05) is 10.6 Å². The molecule has 0 unspecified atom stereocenters. The van der Waals surface area contributed by atoms with Crippen LogP contribution in [0, 0.1) is 6.92 Å². The van der Waals surface area contributed by atoms with Crippen molar-refractivity contribution < 1.29 is 0 Å². The molecule has 0 radical (unpaired) electrons. The van der Waals surface area contributed by atoms with Crippen LogP contribution in [0.2, 0.25) is 0 Å². The fourth-order valence-corrected chi connectivity index (χ4v) is 4.05. The van der Waals surface area contributed by atoms with Crippen LogP contribution in [0.4, 0.5) is 11.6 Å². The van der Waals surface area contributed by atoms with E-state index < -0.39 is 0 Å². The molecule has 5 rings (SSSR count). The third kappa shape index (κ3) is 4.09. The molecule has 1 saturated carbocycles. The van der Waals surface area contributed by atoms with Crippen LogP contribution in [-0.2, 0) is 0 Å². The van der Waals surface area contributed by atoms with Gasteiger partial charge in [0.25, 0.3) is 5.56 Å². The van der Waals surface area contributed by atoms with Crippen molar-refractivity contribution in [1.29, 1.82) is 0 Å². The highest BCUT2D eigenvalue weighted by Gasteiger charge is 2.25. The molecule has 4 aromatic rings. The smallest absolute Gasteiger partial charge is 0.256 e. The maximum absolute atomic E-state index is 12.5. The highest BCUT2D eigenvalue weighted by molar-refractivity contribution is 5.76. The predicted molar refractivity (Wildman–Crippen MR) is 121 cm³/mol. The second kappa shape index (κ2) is 8.14. The Hall–Kier alpha value is -3.81. The zero-order valence-corrected chi connectivity index (χ0v) is 17.2. The van der Waals surface area contributed by atoms with E-state index in [0.717, 1.165) is 42.0 Å². The summed E-state index contributed by atoms with van der Waals surface area (Å²) >= 11 is 0. The zero-order valence-electron chi connectivity index (χ0n) is 17.2. The van der Waals surface area contributed by atoms with Crippen LogP contribution in [-0.4, -0.2) is 36.6 Å². The number of rotatable bonds is 5. The Bertz CT molecular complexity index is 1250. The van der Waals surface area contributed by atoms with Crippen LogP contribution in [0.1, 0.15) is 25.0 Å². The first-order valence-corrected chi connectivity index (χ1v) is 10.4. The summed E-state index contributed by atoms with van der Waals surface area (Å²) in [6, 6.07) is 11.6. The van der Waals surface area contributed by atoms with E-state index in [1.165, 1.54) is 0 Å². The number of hydrogen-bond donors (Lipinski definition) is 2. The van der Waals surface area contributed by atoms with Gasteiger partial charge in [-0.2, -0.15) is 0 Å². The van der Waals surface area contributed by atoms with Gasteiger partial charge in [0.1, 0.15) is 17.3 Å². The van der Waals surface area contributed by atoms with Crippen molar-refractivity contribution in [3.8, 4) is 5.69 Å². The van der Waals surface area contributed by atoms with Gasteiger partial charge in [0, 0.05) is 29.7 Å². The van der Waals surface area contributed by atoms with E-state index in [-0.39, 0.29) is 5.56 Å². The van der Waals surface area contributed by atoms with Gasteiger partial charge >= 0.3 is 0 Å². The van der Waals surface area contributed by atoms with E-state index in [0.29, 0.717) is 23.4 Å². The molecule has 0 bridgehead atoms. The Balaban J connectivity index is 1.27. The molecular formula is C23H23N7O. The minimum Gasteiger partial charge on any atom is -0.367 e. The third-order valence-corrected chi connectivity index (χ3v) is 5.58. The Morgan fingerprint density at radius 3 is 2.42 bits per heavy atom. The summed E-state index contributed by atoms with van der Waals surface area (Å²) in [4.78, 5) is 30.0. The SMILES string of the molecule is Cc1cnc(N[C@H]2CC[C@H](Nc3ccc(-n4c(=O)ccc5cccnc54)cn3)C2)cn1. The molecule has 4 aromatic heterocycles. The van der Waals surface area contributed by atoms with Gasteiger partial charge in [-0.3, -0.25) is 14.3 Å². The lowest BCUT2D eigenvalue weighted by atomic mass is 10.2. The van der Waals surface area contributed by atoms with E-state index >= 15 is 0 Å². The van der Waals surface area contributed by atoms with Crippen LogP contribution < -0.4 is 16.2 Å². The van der Waals surface area contributed by atoms with Gasteiger partial charge in [-0.05, 0) is 56.5 Å². The molecule has 1 aliphatic carbocycles. The molecule has 0 aliphatic heterocycles. The van der Waals surface area contributed by atoms with Crippen LogP contribution in [0.5, 0.6) is 0 Å². The molecule has 31 heavy (non-hydrogen) atoms. The molecule has 1 fully saturated rings. The minimum atomic E-state index is -0.127. The topological polar surface area (TPSA) is 97.6 Å². The van der Waals surface area contributed by atoms with E-state index in [4.69, 9.17) is 0 Å². The van der Waals surface area contributed by atoms with Crippen LogP contribution in [0.3, 0.4) is 0 Å². The predicted octanol–water partition coefficient (Wildman–Crippen LogP) is 3.32. The second-order valence-corrected chi connectivity index (χ2v) is 7.86. The first-order valence-electron chi connectivity index (χ1n) is 10.4. The maximum Gasteiger partial charge on any atom is 0.256 e. The van der Waals surface area contributed by atoms with Gasteiger partial charge in [0.2, 0.25) is 0 Å². The third-order valence-electron chi connectivity index (χ3n) is 5.58. The van der Waals surface area contributed by atoms with E-state index in [2.05, 4.69) is 30.6 Å². The summed E-state index contributed by atoms with van der Waals surface area (Å²) < 4.78 is 1.59. The van der Waals surface area contributed by atoms with Gasteiger partial charge in [-0.1, -0.05) is 0 Å². The quantitative estimate of drug-likeness (QED) is 0.518. The summed E-state index contributed by atoms with van der Waals surface area (Å²) in [5, 5.41) is 7.87. The monoisotopic (exact) mass is 413 g/mol. The number of pyridine rings is 3. The molecule has 1 aliphatic rings. The van der Waals surface area contributed by atoms with Crippen molar-refractivity contribution in [2.45, 2.75) is 38.3 Å². The molecule has 0 aromatic carbocycles. The molecule has 8 heteroatoms. The van der Waals surface area contributed by atoms with Crippen molar-refractivity contribution in [1.82, 2.24) is 24.5 Å². The highest BCUT2D eigenvalue weighted by atomic mass is 16.1. The fraction of sp³-hybridized carbons (Fsp3) is 0.261. The van der Waals surface area contributed by atoms with E-state index in [1.807, 2.05) is 31.2 Å². The van der Waals surface area contributed by atoms with Crippen LogP contribution >= 0.6 is 0 Å². The number of hydrogen-bond acceptors (Lipinski definition) is 7. The summed E-state index contributed by atoms with van der Waals surface area (Å²) in [5.74, 6) is 1.61. The Kier molecular flexibility index (Phi) is 5.03. The maximum atomic E-state index is 12.5. The average molecular weight is 413 g/mol. The number of aromatic nitrogens is 5. The van der Waals surface area contributed by atoms with Gasteiger partial charge in [0.05, 0.1) is 30.0 Å². The average Bonchev–Trinajstić information content (AvgIpc) is 3.23. The van der Waals surface area contributed by atoms with Crippen LogP contribution in [0.25, 0.3) is 16.7 Å². The van der Waals surface area contributed by atoms with Crippen molar-refractivity contribution in [3.63, 3.8) is 0 Å². The van der Waals surface area contributed by atoms with Crippen molar-refractivity contribution in [3.05, 3.63) is 77.2 Å². The Morgan fingerprint density at radius 2 is 1.68 bits per heavy atom. The first kappa shape index (κ1) is 19.2. The normalized spacial score (nSPS) is 18.2. The Labute approximate surface area is 179 Å². The van der Waals surface area contributed by atoms with Gasteiger partial charge < -0.3 is 10.6 Å². The lowest BCUT2D eigenvalue weighted by Crippen LogP contribution is -2.22. The number of aryl methyl sites for hydroxylation is 1. The van der Waals surface area contributed by atoms with Gasteiger partial charge in [-0.15, -0.1) is 0 Å². The van der Waals surface area contributed by atoms with Crippen LogP contribution in [0.15, 0.2) is 66.0 Å². The molecule has 2 atom stereocenters. The highest BCUT2D eigenvalue weighted by Crippen LogP contribution is 2.25. The second-order valence-electron chi connectivity index (χ2n) is 7.86. The standard InChI is InChI=1S/C23H23N7O/c1-15-12-26-21(14-25-15)29-18-6-5-17(11-18)28-20-8-7-19(13-27-20)30-22(31)9-4-16-3-2-10-24-23(16)30/h2-4,7-10,12-14,17-18H,5-6,11H2,1H3,(H,26,29)(H,27,28)/t17-,18-/m0/s1. The molecule has 0 saturated heterocycles. The van der Waals surface area contributed by atoms with E-state index in [9.17, 15) is 4.79 Å². The summed E-state index contributed by atoms with van der Waals surface area (Å²) in [5.41, 5.74) is 2.11.